The topological polar surface area (TPSA) is 64.0 Å². The van der Waals surface area contributed by atoms with Crippen molar-refractivity contribution in [3.63, 3.8) is 0 Å². The number of aromatic nitrogens is 2. The number of hydrogen-bond acceptors (Lipinski definition) is 4. The number of carbonyl (C=O) groups is 1. The fourth-order valence-electron chi connectivity index (χ4n) is 4.12. The van der Waals surface area contributed by atoms with Gasteiger partial charge < -0.3 is 5.32 Å². The molecule has 0 saturated heterocycles. The predicted octanol–water partition coefficient (Wildman–Crippen LogP) is 4.32. The highest BCUT2D eigenvalue weighted by molar-refractivity contribution is 7.21. The zero-order valence-corrected chi connectivity index (χ0v) is 17.2. The van der Waals surface area contributed by atoms with E-state index in [4.69, 9.17) is 0 Å². The standard InChI is InChI=1S/C24H21N3O2S/c28-22(26-20-12-6-10-16-7-4-5-11-18(16)20)14-27-15-25-23-19(24(27)29)13-21(30-23)17-8-2-1-3-9-17/h1-5,7-9,11,13,15,20H,6,10,12,14H2,(H,26,28)/t20-/m0/s1. The van der Waals surface area contributed by atoms with E-state index in [2.05, 4.69) is 22.4 Å². The second-order valence-electron chi connectivity index (χ2n) is 7.58. The van der Waals surface area contributed by atoms with Gasteiger partial charge in [0.05, 0.1) is 17.8 Å². The van der Waals surface area contributed by atoms with Crippen LogP contribution in [0.15, 0.2) is 71.8 Å². The van der Waals surface area contributed by atoms with Crippen molar-refractivity contribution in [1.29, 1.82) is 0 Å². The van der Waals surface area contributed by atoms with Crippen LogP contribution >= 0.6 is 11.3 Å². The molecule has 0 bridgehead atoms. The van der Waals surface area contributed by atoms with Crippen LogP contribution in [-0.4, -0.2) is 15.5 Å². The Morgan fingerprint density at radius 1 is 1.13 bits per heavy atom. The number of benzene rings is 2. The van der Waals surface area contributed by atoms with Crippen LogP contribution in [0.2, 0.25) is 0 Å². The van der Waals surface area contributed by atoms with Crippen molar-refractivity contribution in [2.75, 3.05) is 0 Å². The summed E-state index contributed by atoms with van der Waals surface area (Å²) in [5.41, 5.74) is 3.35. The molecule has 1 N–H and O–H groups in total. The number of nitrogens with one attached hydrogen (secondary N) is 1. The molecule has 0 saturated carbocycles. The molecular formula is C24H21N3O2S. The number of rotatable bonds is 4. The highest BCUT2D eigenvalue weighted by Crippen LogP contribution is 2.31. The summed E-state index contributed by atoms with van der Waals surface area (Å²) in [5.74, 6) is -0.168. The monoisotopic (exact) mass is 415 g/mol. The zero-order valence-electron chi connectivity index (χ0n) is 16.4. The number of hydrogen-bond donors (Lipinski definition) is 1. The Hall–Kier alpha value is -3.25. The average Bonchev–Trinajstić information content (AvgIpc) is 3.22. The van der Waals surface area contributed by atoms with Crippen molar-refractivity contribution in [2.24, 2.45) is 0 Å². The Kier molecular flexibility index (Phi) is 4.93. The van der Waals surface area contributed by atoms with E-state index < -0.39 is 0 Å². The summed E-state index contributed by atoms with van der Waals surface area (Å²) < 4.78 is 1.40. The van der Waals surface area contributed by atoms with Gasteiger partial charge in [0.1, 0.15) is 11.4 Å². The van der Waals surface area contributed by atoms with E-state index in [1.165, 1.54) is 33.4 Å². The molecular weight excluding hydrogens is 394 g/mol. The predicted molar refractivity (Wildman–Crippen MR) is 120 cm³/mol. The molecule has 4 aromatic rings. The lowest BCUT2D eigenvalue weighted by Gasteiger charge is -2.26. The third-order valence-corrected chi connectivity index (χ3v) is 6.69. The maximum atomic E-state index is 12.9. The van der Waals surface area contributed by atoms with Gasteiger partial charge in [0.2, 0.25) is 5.91 Å². The van der Waals surface area contributed by atoms with Gasteiger partial charge in [0.25, 0.3) is 5.56 Å². The Morgan fingerprint density at radius 2 is 1.93 bits per heavy atom. The molecule has 0 fully saturated rings. The first-order valence-corrected chi connectivity index (χ1v) is 10.9. The molecule has 0 spiro atoms. The molecule has 0 aliphatic heterocycles. The Balaban J connectivity index is 1.37. The van der Waals surface area contributed by atoms with Gasteiger partial charge in [-0.3, -0.25) is 14.2 Å². The summed E-state index contributed by atoms with van der Waals surface area (Å²) in [5, 5.41) is 3.66. The molecule has 1 aliphatic rings. The Labute approximate surface area is 178 Å². The summed E-state index contributed by atoms with van der Waals surface area (Å²) in [6.45, 7) is -0.0308. The van der Waals surface area contributed by atoms with E-state index >= 15 is 0 Å². The second-order valence-corrected chi connectivity index (χ2v) is 8.61. The van der Waals surface area contributed by atoms with Gasteiger partial charge in [0, 0.05) is 4.88 Å². The minimum Gasteiger partial charge on any atom is -0.348 e. The van der Waals surface area contributed by atoms with Crippen molar-refractivity contribution >= 4 is 27.5 Å². The van der Waals surface area contributed by atoms with Gasteiger partial charge in [0.15, 0.2) is 0 Å². The molecule has 1 atom stereocenters. The fourth-order valence-corrected chi connectivity index (χ4v) is 5.11. The maximum Gasteiger partial charge on any atom is 0.262 e. The first-order chi connectivity index (χ1) is 14.7. The van der Waals surface area contributed by atoms with E-state index in [0.29, 0.717) is 10.2 Å². The van der Waals surface area contributed by atoms with E-state index in [9.17, 15) is 9.59 Å². The highest BCUT2D eigenvalue weighted by Gasteiger charge is 2.21. The molecule has 150 valence electrons. The van der Waals surface area contributed by atoms with Gasteiger partial charge >= 0.3 is 0 Å². The number of aryl methyl sites for hydroxylation is 1. The molecule has 6 heteroatoms. The summed E-state index contributed by atoms with van der Waals surface area (Å²) in [7, 11) is 0. The van der Waals surface area contributed by atoms with Crippen LogP contribution in [0, 0.1) is 0 Å². The number of carbonyl (C=O) groups excluding carboxylic acids is 1. The Bertz CT molecular complexity index is 1280. The molecule has 0 radical (unpaired) electrons. The van der Waals surface area contributed by atoms with Crippen LogP contribution in [0.4, 0.5) is 0 Å². The van der Waals surface area contributed by atoms with Crippen LogP contribution in [0.1, 0.15) is 30.0 Å². The lowest BCUT2D eigenvalue weighted by atomic mass is 9.88. The molecule has 0 unspecified atom stereocenters. The van der Waals surface area contributed by atoms with Gasteiger partial charge in [-0.15, -0.1) is 11.3 Å². The maximum absolute atomic E-state index is 12.9. The number of nitrogens with zero attached hydrogens (tertiary/aromatic N) is 2. The third-order valence-electron chi connectivity index (χ3n) is 5.60. The first-order valence-electron chi connectivity index (χ1n) is 10.1. The fraction of sp³-hybridized carbons (Fsp3) is 0.208. The Morgan fingerprint density at radius 3 is 2.80 bits per heavy atom. The largest absolute Gasteiger partial charge is 0.348 e. The van der Waals surface area contributed by atoms with E-state index in [0.717, 1.165) is 29.7 Å². The number of fused-ring (bicyclic) bond motifs is 2. The second kappa shape index (κ2) is 7.88. The normalized spacial score (nSPS) is 15.7. The third kappa shape index (κ3) is 3.55. The quantitative estimate of drug-likeness (QED) is 0.540. The lowest BCUT2D eigenvalue weighted by Crippen LogP contribution is -2.36. The average molecular weight is 416 g/mol. The van der Waals surface area contributed by atoms with E-state index in [1.54, 1.807) is 0 Å². The smallest absolute Gasteiger partial charge is 0.262 e. The van der Waals surface area contributed by atoms with Gasteiger partial charge in [-0.05, 0) is 42.0 Å². The lowest BCUT2D eigenvalue weighted by molar-refractivity contribution is -0.122. The van der Waals surface area contributed by atoms with E-state index in [1.807, 2.05) is 48.5 Å². The summed E-state index contributed by atoms with van der Waals surface area (Å²) >= 11 is 1.49. The van der Waals surface area contributed by atoms with Crippen molar-refractivity contribution in [3.05, 3.63) is 88.5 Å². The van der Waals surface area contributed by atoms with Crippen LogP contribution in [-0.2, 0) is 17.8 Å². The molecule has 5 rings (SSSR count). The summed E-state index contributed by atoms with van der Waals surface area (Å²) in [6.07, 6.45) is 4.49. The van der Waals surface area contributed by atoms with Crippen LogP contribution in [0.25, 0.3) is 20.7 Å². The molecule has 2 aromatic carbocycles. The van der Waals surface area contributed by atoms with Gasteiger partial charge in [-0.25, -0.2) is 4.98 Å². The van der Waals surface area contributed by atoms with Crippen LogP contribution < -0.4 is 10.9 Å². The highest BCUT2D eigenvalue weighted by atomic mass is 32.1. The molecule has 5 nitrogen and oxygen atoms in total. The molecule has 2 heterocycles. The number of amides is 1. The SMILES string of the molecule is O=C(Cn1cnc2sc(-c3ccccc3)cc2c1=O)N[C@H]1CCCc2ccccc21. The van der Waals surface area contributed by atoms with Crippen molar-refractivity contribution in [1.82, 2.24) is 14.9 Å². The first kappa shape index (κ1) is 18.8. The van der Waals surface area contributed by atoms with Crippen molar-refractivity contribution in [2.45, 2.75) is 31.8 Å². The van der Waals surface area contributed by atoms with Crippen LogP contribution in [0.5, 0.6) is 0 Å². The van der Waals surface area contributed by atoms with Crippen molar-refractivity contribution < 1.29 is 4.79 Å². The van der Waals surface area contributed by atoms with Gasteiger partial charge in [-0.2, -0.15) is 0 Å². The summed E-state index contributed by atoms with van der Waals surface area (Å²) in [4.78, 5) is 31.8. The molecule has 30 heavy (non-hydrogen) atoms. The van der Waals surface area contributed by atoms with E-state index in [-0.39, 0.29) is 24.1 Å². The molecule has 2 aromatic heterocycles. The van der Waals surface area contributed by atoms with Crippen LogP contribution in [0.3, 0.4) is 0 Å². The number of thiophene rings is 1. The van der Waals surface area contributed by atoms with Gasteiger partial charge in [-0.1, -0.05) is 54.6 Å². The minimum atomic E-state index is -0.183. The zero-order chi connectivity index (χ0) is 20.5. The minimum absolute atomic E-state index is 0.000623. The molecule has 1 aliphatic carbocycles. The molecule has 1 amide bonds. The van der Waals surface area contributed by atoms with Crippen molar-refractivity contribution in [3.8, 4) is 10.4 Å². The summed E-state index contributed by atoms with van der Waals surface area (Å²) in [6, 6.07) is 20.0.